The minimum absolute atomic E-state index is 0.0803. The summed E-state index contributed by atoms with van der Waals surface area (Å²) in [6, 6.07) is 16.1. The highest BCUT2D eigenvalue weighted by Gasteiger charge is 2.22. The number of rotatable bonds is 6. The summed E-state index contributed by atoms with van der Waals surface area (Å²) in [5, 5.41) is 0. The summed E-state index contributed by atoms with van der Waals surface area (Å²) in [5.41, 5.74) is 3.61. The Morgan fingerprint density at radius 1 is 1.16 bits per heavy atom. The molecule has 3 rings (SSSR count). The fourth-order valence-electron chi connectivity index (χ4n) is 2.96. The molecule has 0 aliphatic carbocycles. The average molecular weight is 336 g/mol. The van der Waals surface area contributed by atoms with Crippen LogP contribution in [0.3, 0.4) is 0 Å². The van der Waals surface area contributed by atoms with Crippen molar-refractivity contribution in [2.75, 3.05) is 0 Å². The van der Waals surface area contributed by atoms with Crippen molar-refractivity contribution in [2.24, 2.45) is 0 Å². The Morgan fingerprint density at radius 3 is 2.68 bits per heavy atom. The van der Waals surface area contributed by atoms with E-state index in [-0.39, 0.29) is 11.9 Å². The van der Waals surface area contributed by atoms with E-state index in [2.05, 4.69) is 48.0 Å². The van der Waals surface area contributed by atoms with Crippen LogP contribution in [0.15, 0.2) is 65.4 Å². The zero-order valence-electron chi connectivity index (χ0n) is 15.0. The highest BCUT2D eigenvalue weighted by Crippen LogP contribution is 2.16. The number of nitrogens with zero attached hydrogens (tertiary/aromatic N) is 2. The summed E-state index contributed by atoms with van der Waals surface area (Å²) in [6.45, 7) is 7.49. The lowest BCUT2D eigenvalue weighted by Crippen LogP contribution is -2.36. The molecule has 0 bridgehead atoms. The van der Waals surface area contributed by atoms with Crippen molar-refractivity contribution in [3.8, 4) is 0 Å². The van der Waals surface area contributed by atoms with E-state index < -0.39 is 0 Å². The van der Waals surface area contributed by atoms with Gasteiger partial charge in [0, 0.05) is 24.5 Å². The zero-order valence-corrected chi connectivity index (χ0v) is 15.0. The highest BCUT2D eigenvalue weighted by atomic mass is 16.3. The molecule has 0 saturated carbocycles. The predicted molar refractivity (Wildman–Crippen MR) is 98.4 cm³/mol. The van der Waals surface area contributed by atoms with Crippen LogP contribution in [0.25, 0.3) is 0 Å². The molecule has 0 aliphatic rings. The van der Waals surface area contributed by atoms with Crippen LogP contribution in [-0.4, -0.2) is 21.4 Å². The minimum Gasteiger partial charge on any atom is -0.459 e. The highest BCUT2D eigenvalue weighted by molar-refractivity contribution is 5.91. The monoisotopic (exact) mass is 336 g/mol. The number of amides is 1. The lowest BCUT2D eigenvalue weighted by molar-refractivity contribution is 0.0653. The Hall–Kier alpha value is -2.75. The van der Waals surface area contributed by atoms with E-state index in [1.807, 2.05) is 24.8 Å². The summed E-state index contributed by atoms with van der Waals surface area (Å²) in [4.78, 5) is 14.5. The van der Waals surface area contributed by atoms with E-state index >= 15 is 0 Å². The van der Waals surface area contributed by atoms with E-state index in [4.69, 9.17) is 4.42 Å². The summed E-state index contributed by atoms with van der Waals surface area (Å²) in [5.74, 6) is 0.300. The van der Waals surface area contributed by atoms with Gasteiger partial charge in [-0.3, -0.25) is 4.79 Å². The summed E-state index contributed by atoms with van der Waals surface area (Å²) in [6.07, 6.45) is 3.60. The van der Waals surface area contributed by atoms with Gasteiger partial charge in [0.15, 0.2) is 5.76 Å². The van der Waals surface area contributed by atoms with E-state index in [0.717, 1.165) is 12.2 Å². The molecule has 0 spiro atoms. The number of aromatic nitrogens is 1. The smallest absolute Gasteiger partial charge is 0.290 e. The van der Waals surface area contributed by atoms with Crippen LogP contribution in [0.5, 0.6) is 0 Å². The molecule has 1 aromatic carbocycles. The van der Waals surface area contributed by atoms with Gasteiger partial charge in [-0.2, -0.15) is 0 Å². The standard InChI is InChI=1S/C21H24N2O2/c1-16(2)23(21(24)20-10-6-12-25-20)15-19-9-5-11-22(19)14-18-8-4-7-17(3)13-18/h4-13,16H,14-15H2,1-3H3. The number of carbonyl (C=O) groups is 1. The van der Waals surface area contributed by atoms with Gasteiger partial charge < -0.3 is 13.9 Å². The normalized spacial score (nSPS) is 11.0. The molecule has 4 nitrogen and oxygen atoms in total. The number of hydrogen-bond donors (Lipinski definition) is 0. The molecule has 130 valence electrons. The fraction of sp³-hybridized carbons (Fsp3) is 0.286. The van der Waals surface area contributed by atoms with Crippen LogP contribution in [0.2, 0.25) is 0 Å². The largest absolute Gasteiger partial charge is 0.459 e. The molecule has 0 atom stereocenters. The second-order valence-corrected chi connectivity index (χ2v) is 6.62. The number of furan rings is 1. The first-order valence-corrected chi connectivity index (χ1v) is 8.58. The van der Waals surface area contributed by atoms with E-state index in [1.165, 1.54) is 17.4 Å². The van der Waals surface area contributed by atoms with Gasteiger partial charge in [0.1, 0.15) is 0 Å². The number of aryl methyl sites for hydroxylation is 1. The van der Waals surface area contributed by atoms with Crippen molar-refractivity contribution in [3.63, 3.8) is 0 Å². The molecule has 0 aliphatic heterocycles. The first-order valence-electron chi connectivity index (χ1n) is 8.58. The van der Waals surface area contributed by atoms with Gasteiger partial charge in [0.05, 0.1) is 12.8 Å². The van der Waals surface area contributed by atoms with Gasteiger partial charge in [-0.1, -0.05) is 29.8 Å². The number of carbonyl (C=O) groups excluding carboxylic acids is 1. The molecule has 1 amide bonds. The minimum atomic E-state index is -0.0803. The van der Waals surface area contributed by atoms with E-state index in [0.29, 0.717) is 12.3 Å². The van der Waals surface area contributed by atoms with Gasteiger partial charge in [-0.25, -0.2) is 0 Å². The third-order valence-electron chi connectivity index (χ3n) is 4.31. The molecule has 0 N–H and O–H groups in total. The molecule has 2 heterocycles. The Bertz CT molecular complexity index is 831. The van der Waals surface area contributed by atoms with Gasteiger partial charge in [0.25, 0.3) is 5.91 Å². The summed E-state index contributed by atoms with van der Waals surface area (Å²) < 4.78 is 7.48. The second kappa shape index (κ2) is 7.43. The van der Waals surface area contributed by atoms with Crippen molar-refractivity contribution in [2.45, 2.75) is 39.9 Å². The van der Waals surface area contributed by atoms with Gasteiger partial charge in [-0.05, 0) is 50.6 Å². The van der Waals surface area contributed by atoms with E-state index in [1.54, 1.807) is 12.1 Å². The molecule has 25 heavy (non-hydrogen) atoms. The first kappa shape index (κ1) is 17.1. The van der Waals surface area contributed by atoms with Crippen LogP contribution in [0, 0.1) is 6.92 Å². The molecule has 2 aromatic heterocycles. The van der Waals surface area contributed by atoms with Crippen molar-refractivity contribution in [3.05, 3.63) is 83.6 Å². The maximum atomic E-state index is 12.7. The molecule has 0 saturated heterocycles. The van der Waals surface area contributed by atoms with Crippen LogP contribution >= 0.6 is 0 Å². The molecular formula is C21H24N2O2. The van der Waals surface area contributed by atoms with Crippen LogP contribution in [0.1, 0.15) is 41.2 Å². The van der Waals surface area contributed by atoms with Gasteiger partial charge >= 0.3 is 0 Å². The SMILES string of the molecule is Cc1cccc(Cn2cccc2CN(C(=O)c2ccco2)C(C)C)c1. The molecule has 3 aromatic rings. The molecular weight excluding hydrogens is 312 g/mol. The second-order valence-electron chi connectivity index (χ2n) is 6.62. The molecule has 0 unspecified atom stereocenters. The van der Waals surface area contributed by atoms with Crippen molar-refractivity contribution in [1.29, 1.82) is 0 Å². The maximum Gasteiger partial charge on any atom is 0.290 e. The van der Waals surface area contributed by atoms with Crippen molar-refractivity contribution in [1.82, 2.24) is 9.47 Å². The van der Waals surface area contributed by atoms with Crippen molar-refractivity contribution >= 4 is 5.91 Å². The zero-order chi connectivity index (χ0) is 17.8. The lowest BCUT2D eigenvalue weighted by atomic mass is 10.1. The first-order chi connectivity index (χ1) is 12.0. The topological polar surface area (TPSA) is 38.4 Å². The molecule has 0 radical (unpaired) electrons. The Balaban J connectivity index is 1.80. The Morgan fingerprint density at radius 2 is 2.00 bits per heavy atom. The average Bonchev–Trinajstić information content (AvgIpc) is 3.24. The Kier molecular flexibility index (Phi) is 5.08. The Labute approximate surface area is 148 Å². The van der Waals surface area contributed by atoms with E-state index in [9.17, 15) is 4.79 Å². The molecule has 4 heteroatoms. The van der Waals surface area contributed by atoms with Gasteiger partial charge in [-0.15, -0.1) is 0 Å². The van der Waals surface area contributed by atoms with Crippen LogP contribution in [0.4, 0.5) is 0 Å². The lowest BCUT2D eigenvalue weighted by Gasteiger charge is -2.26. The predicted octanol–water partition coefficient (Wildman–Crippen LogP) is 4.49. The third-order valence-corrected chi connectivity index (χ3v) is 4.31. The number of hydrogen-bond acceptors (Lipinski definition) is 2. The fourth-order valence-corrected chi connectivity index (χ4v) is 2.96. The maximum absolute atomic E-state index is 12.7. The summed E-state index contributed by atoms with van der Waals surface area (Å²) in [7, 11) is 0. The summed E-state index contributed by atoms with van der Waals surface area (Å²) >= 11 is 0. The quantitative estimate of drug-likeness (QED) is 0.665. The van der Waals surface area contributed by atoms with Crippen LogP contribution < -0.4 is 0 Å². The third kappa shape index (κ3) is 4.02. The van der Waals surface area contributed by atoms with Crippen molar-refractivity contribution < 1.29 is 9.21 Å². The van der Waals surface area contributed by atoms with Crippen LogP contribution in [-0.2, 0) is 13.1 Å². The number of benzene rings is 1. The van der Waals surface area contributed by atoms with Gasteiger partial charge in [0.2, 0.25) is 0 Å². The molecule has 0 fully saturated rings.